The van der Waals surface area contributed by atoms with Gasteiger partial charge in [-0.1, -0.05) is 112 Å². The zero-order chi connectivity index (χ0) is 25.9. The van der Waals surface area contributed by atoms with Crippen LogP contribution in [0, 0.1) is 17.7 Å². The van der Waals surface area contributed by atoms with Crippen molar-refractivity contribution < 1.29 is 4.39 Å². The van der Waals surface area contributed by atoms with Crippen molar-refractivity contribution in [1.29, 1.82) is 0 Å². The highest BCUT2D eigenvalue weighted by Crippen LogP contribution is 2.23. The first-order chi connectivity index (χ1) is 18.2. The third kappa shape index (κ3) is 7.80. The molecule has 190 valence electrons. The molecule has 0 unspecified atom stereocenters. The van der Waals surface area contributed by atoms with Gasteiger partial charge in [0.1, 0.15) is 5.82 Å². The summed E-state index contributed by atoms with van der Waals surface area (Å²) in [7, 11) is 0. The van der Waals surface area contributed by atoms with Gasteiger partial charge in [0.25, 0.3) is 0 Å². The molecule has 0 radical (unpaired) electrons. The monoisotopic (exact) mass is 490 g/mol. The van der Waals surface area contributed by atoms with Gasteiger partial charge in [-0.2, -0.15) is 0 Å². The highest BCUT2D eigenvalue weighted by Gasteiger charge is 2.07. The topological polar surface area (TPSA) is 0 Å². The lowest BCUT2D eigenvalue weighted by atomic mass is 10.00. The van der Waals surface area contributed by atoms with Crippen LogP contribution in [0.15, 0.2) is 78.9 Å². The summed E-state index contributed by atoms with van der Waals surface area (Å²) in [5.74, 6) is 6.42. The molecule has 0 spiro atoms. The summed E-state index contributed by atoms with van der Waals surface area (Å²) in [6.07, 6.45) is 11.7. The lowest BCUT2D eigenvalue weighted by Gasteiger charge is -2.06. The molecular weight excluding hydrogens is 451 g/mol. The first kappa shape index (κ1) is 26.7. The Morgan fingerprint density at radius 2 is 1.14 bits per heavy atom. The maximum atomic E-state index is 14.7. The molecule has 0 saturated heterocycles. The lowest BCUT2D eigenvalue weighted by molar-refractivity contribution is 0.619. The van der Waals surface area contributed by atoms with Gasteiger partial charge in [0, 0.05) is 16.5 Å². The zero-order valence-corrected chi connectivity index (χ0v) is 22.5. The summed E-state index contributed by atoms with van der Waals surface area (Å²) < 4.78 is 14.7. The average molecular weight is 491 g/mol. The van der Waals surface area contributed by atoms with Crippen LogP contribution in [0.3, 0.4) is 0 Å². The van der Waals surface area contributed by atoms with Gasteiger partial charge >= 0.3 is 0 Å². The smallest absolute Gasteiger partial charge is 0.134 e. The van der Waals surface area contributed by atoms with E-state index in [2.05, 4.69) is 74.2 Å². The quantitative estimate of drug-likeness (QED) is 0.145. The number of rotatable bonds is 11. The summed E-state index contributed by atoms with van der Waals surface area (Å²) in [4.78, 5) is 0. The summed E-state index contributed by atoms with van der Waals surface area (Å²) in [5, 5.41) is 1.58. The number of unbranched alkanes of at least 4 members (excludes halogenated alkanes) is 4. The van der Waals surface area contributed by atoms with E-state index in [1.165, 1.54) is 55.2 Å². The number of benzene rings is 4. The number of aryl methyl sites for hydroxylation is 4. The van der Waals surface area contributed by atoms with Crippen LogP contribution in [-0.4, -0.2) is 0 Å². The van der Waals surface area contributed by atoms with Gasteiger partial charge in [-0.3, -0.25) is 0 Å². The highest BCUT2D eigenvalue weighted by molar-refractivity contribution is 5.85. The van der Waals surface area contributed by atoms with Crippen molar-refractivity contribution in [2.75, 3.05) is 0 Å². The van der Waals surface area contributed by atoms with Gasteiger partial charge in [-0.15, -0.1) is 0 Å². The van der Waals surface area contributed by atoms with Gasteiger partial charge in [0.05, 0.1) is 0 Å². The van der Waals surface area contributed by atoms with Crippen LogP contribution in [0.2, 0.25) is 0 Å². The molecule has 0 bridgehead atoms. The van der Waals surface area contributed by atoms with Crippen molar-refractivity contribution in [3.05, 3.63) is 118 Å². The maximum absolute atomic E-state index is 14.7. The van der Waals surface area contributed by atoms with E-state index in [-0.39, 0.29) is 5.82 Å². The molecule has 37 heavy (non-hydrogen) atoms. The van der Waals surface area contributed by atoms with E-state index in [1.807, 2.05) is 30.3 Å². The van der Waals surface area contributed by atoms with Gasteiger partial charge in [0.2, 0.25) is 0 Å². The fraction of sp³-hybridized carbons (Fsp3) is 0.333. The van der Waals surface area contributed by atoms with Gasteiger partial charge in [-0.25, -0.2) is 4.39 Å². The molecular formula is C36H39F. The van der Waals surface area contributed by atoms with Crippen LogP contribution in [-0.2, 0) is 25.7 Å². The Bertz CT molecular complexity index is 1330. The molecule has 0 aliphatic carbocycles. The maximum Gasteiger partial charge on any atom is 0.134 e. The molecule has 0 amide bonds. The number of halogens is 1. The van der Waals surface area contributed by atoms with E-state index in [4.69, 9.17) is 0 Å². The molecule has 0 saturated carbocycles. The van der Waals surface area contributed by atoms with E-state index in [1.54, 1.807) is 0 Å². The third-order valence-corrected chi connectivity index (χ3v) is 7.15. The largest absolute Gasteiger partial charge is 0.206 e. The first-order valence-electron chi connectivity index (χ1n) is 14.1. The molecule has 0 nitrogen and oxygen atoms in total. The van der Waals surface area contributed by atoms with E-state index in [0.717, 1.165) is 47.8 Å². The van der Waals surface area contributed by atoms with Crippen molar-refractivity contribution in [1.82, 2.24) is 0 Å². The van der Waals surface area contributed by atoms with Crippen molar-refractivity contribution in [3.8, 4) is 11.8 Å². The van der Waals surface area contributed by atoms with Crippen molar-refractivity contribution in [2.45, 2.75) is 78.1 Å². The van der Waals surface area contributed by atoms with Gasteiger partial charge in [0.15, 0.2) is 0 Å². The van der Waals surface area contributed by atoms with Crippen molar-refractivity contribution >= 4 is 10.8 Å². The Kier molecular flexibility index (Phi) is 9.96. The molecule has 0 aliphatic heterocycles. The molecule has 0 heterocycles. The second kappa shape index (κ2) is 13.8. The van der Waals surface area contributed by atoms with Crippen LogP contribution in [0.4, 0.5) is 4.39 Å². The molecule has 4 rings (SSSR count). The van der Waals surface area contributed by atoms with Crippen molar-refractivity contribution in [3.63, 3.8) is 0 Å². The Morgan fingerprint density at radius 3 is 1.81 bits per heavy atom. The molecule has 0 atom stereocenters. The first-order valence-corrected chi connectivity index (χ1v) is 14.1. The number of fused-ring (bicyclic) bond motifs is 1. The molecule has 1 heteroatoms. The number of hydrogen-bond donors (Lipinski definition) is 0. The molecule has 0 aliphatic rings. The third-order valence-electron chi connectivity index (χ3n) is 7.15. The van der Waals surface area contributed by atoms with Gasteiger partial charge in [-0.05, 0) is 84.0 Å². The average Bonchev–Trinajstić information content (AvgIpc) is 2.93. The molecule has 0 N–H and O–H groups in total. The Hall–Kier alpha value is -3.37. The van der Waals surface area contributed by atoms with Crippen LogP contribution < -0.4 is 0 Å². The van der Waals surface area contributed by atoms with Crippen LogP contribution >= 0.6 is 0 Å². The fourth-order valence-corrected chi connectivity index (χ4v) is 4.87. The summed E-state index contributed by atoms with van der Waals surface area (Å²) in [6, 6.07) is 27.4. The van der Waals surface area contributed by atoms with E-state index in [0.29, 0.717) is 5.39 Å². The second-order valence-electron chi connectivity index (χ2n) is 10.2. The minimum Gasteiger partial charge on any atom is -0.206 e. The normalized spacial score (nSPS) is 10.9. The Balaban J connectivity index is 1.30. The SMILES string of the molecule is CCCCCCCc1ccc(CCc2ccc(C#Cc3ccc4c(F)c(CCC)ccc4c3)cc2)cc1. The number of hydrogen-bond acceptors (Lipinski definition) is 0. The molecule has 0 fully saturated rings. The highest BCUT2D eigenvalue weighted by atomic mass is 19.1. The van der Waals surface area contributed by atoms with Crippen LogP contribution in [0.5, 0.6) is 0 Å². The fourth-order valence-electron chi connectivity index (χ4n) is 4.87. The standard InChI is InChI=1S/C36H39F/c1-3-5-6-7-8-10-28-11-13-29(14-12-28)15-16-30-17-19-31(20-18-30)21-22-32-23-26-35-34(27-32)25-24-33(9-4-2)36(35)37/h11-14,17-20,23-27H,3-10,15-16H2,1-2H3. The van der Waals surface area contributed by atoms with Crippen LogP contribution in [0.25, 0.3) is 10.8 Å². The van der Waals surface area contributed by atoms with Gasteiger partial charge < -0.3 is 0 Å². The minimum absolute atomic E-state index is 0.0943. The minimum atomic E-state index is -0.0943. The molecule has 4 aromatic rings. The predicted octanol–water partition coefficient (Wildman–Crippen LogP) is 9.63. The van der Waals surface area contributed by atoms with E-state index < -0.39 is 0 Å². The Labute approximate surface area is 223 Å². The zero-order valence-electron chi connectivity index (χ0n) is 22.5. The summed E-state index contributed by atoms with van der Waals surface area (Å²) in [6.45, 7) is 4.34. The molecule has 0 aromatic heterocycles. The lowest BCUT2D eigenvalue weighted by Crippen LogP contribution is -1.93. The van der Waals surface area contributed by atoms with E-state index >= 15 is 0 Å². The van der Waals surface area contributed by atoms with Crippen molar-refractivity contribution in [2.24, 2.45) is 0 Å². The predicted molar refractivity (Wildman–Crippen MR) is 157 cm³/mol. The molecule has 4 aromatic carbocycles. The Morgan fingerprint density at radius 1 is 0.541 bits per heavy atom. The summed E-state index contributed by atoms with van der Waals surface area (Å²) in [5.41, 5.74) is 6.88. The second-order valence-corrected chi connectivity index (χ2v) is 10.2. The van der Waals surface area contributed by atoms with Crippen LogP contribution in [0.1, 0.15) is 85.8 Å². The summed E-state index contributed by atoms with van der Waals surface area (Å²) >= 11 is 0. The van der Waals surface area contributed by atoms with E-state index in [9.17, 15) is 4.39 Å².